The third kappa shape index (κ3) is 3.96. The lowest BCUT2D eigenvalue weighted by Crippen LogP contribution is -2.38. The number of likely N-dealkylation sites (tertiary alicyclic amines) is 1. The van der Waals surface area contributed by atoms with Gasteiger partial charge >= 0.3 is 6.09 Å². The number of amides is 1. The summed E-state index contributed by atoms with van der Waals surface area (Å²) in [5, 5.41) is 9.64. The second kappa shape index (κ2) is 6.57. The zero-order valence-corrected chi connectivity index (χ0v) is 11.3. The van der Waals surface area contributed by atoms with E-state index in [1.807, 2.05) is 37.3 Å². The number of ether oxygens (including phenoxy) is 1. The molecule has 0 radical (unpaired) electrons. The molecule has 1 aliphatic rings. The standard InChI is InChI=1S/C15H21NO3/c1-12-7-8-14(17)9-10-16(12)15(18)19-11-13-5-3-2-4-6-13/h2-6,12,14,17H,7-11H2,1H3. The normalized spacial score (nSPS) is 23.8. The lowest BCUT2D eigenvalue weighted by Gasteiger charge is -2.26. The van der Waals surface area contributed by atoms with Gasteiger partial charge in [0.1, 0.15) is 6.61 Å². The number of benzene rings is 1. The average molecular weight is 263 g/mol. The number of carbonyl (C=O) groups excluding carboxylic acids is 1. The summed E-state index contributed by atoms with van der Waals surface area (Å²) in [6, 6.07) is 9.78. The molecule has 1 saturated heterocycles. The molecule has 0 aliphatic carbocycles. The second-order valence-corrected chi connectivity index (χ2v) is 5.10. The van der Waals surface area contributed by atoms with Crippen LogP contribution in [0.4, 0.5) is 4.79 Å². The Labute approximate surface area is 114 Å². The molecule has 104 valence electrons. The van der Waals surface area contributed by atoms with E-state index < -0.39 is 0 Å². The Morgan fingerprint density at radius 3 is 2.79 bits per heavy atom. The minimum absolute atomic E-state index is 0.125. The summed E-state index contributed by atoms with van der Waals surface area (Å²) in [5.41, 5.74) is 0.985. The lowest BCUT2D eigenvalue weighted by atomic mass is 10.1. The van der Waals surface area contributed by atoms with Crippen molar-refractivity contribution in [1.82, 2.24) is 4.90 Å². The number of rotatable bonds is 2. The van der Waals surface area contributed by atoms with Crippen molar-refractivity contribution in [2.75, 3.05) is 6.54 Å². The Bertz CT molecular complexity index is 407. The van der Waals surface area contributed by atoms with E-state index in [0.717, 1.165) is 18.4 Å². The van der Waals surface area contributed by atoms with E-state index in [-0.39, 0.29) is 18.2 Å². The molecule has 1 aromatic rings. The van der Waals surface area contributed by atoms with E-state index in [2.05, 4.69) is 0 Å². The van der Waals surface area contributed by atoms with Gasteiger partial charge in [0.2, 0.25) is 0 Å². The molecule has 1 fully saturated rings. The maximum absolute atomic E-state index is 12.1. The molecule has 1 heterocycles. The van der Waals surface area contributed by atoms with Crippen LogP contribution in [0.1, 0.15) is 31.7 Å². The summed E-state index contributed by atoms with van der Waals surface area (Å²) >= 11 is 0. The Morgan fingerprint density at radius 2 is 2.05 bits per heavy atom. The molecule has 0 bridgehead atoms. The van der Waals surface area contributed by atoms with Gasteiger partial charge in [0.25, 0.3) is 0 Å². The Kier molecular flexibility index (Phi) is 4.80. The fraction of sp³-hybridized carbons (Fsp3) is 0.533. The topological polar surface area (TPSA) is 49.8 Å². The molecular formula is C15H21NO3. The highest BCUT2D eigenvalue weighted by Gasteiger charge is 2.25. The van der Waals surface area contributed by atoms with Crippen molar-refractivity contribution in [2.24, 2.45) is 0 Å². The van der Waals surface area contributed by atoms with Crippen LogP contribution in [-0.2, 0) is 11.3 Å². The van der Waals surface area contributed by atoms with E-state index in [0.29, 0.717) is 19.6 Å². The first kappa shape index (κ1) is 13.9. The third-order valence-electron chi connectivity index (χ3n) is 3.59. The van der Waals surface area contributed by atoms with Crippen molar-refractivity contribution in [3.8, 4) is 0 Å². The van der Waals surface area contributed by atoms with Gasteiger partial charge in [-0.05, 0) is 31.7 Å². The minimum atomic E-state index is -0.297. The first-order valence-electron chi connectivity index (χ1n) is 6.82. The number of hydrogen-bond acceptors (Lipinski definition) is 3. The second-order valence-electron chi connectivity index (χ2n) is 5.10. The summed E-state index contributed by atoms with van der Waals surface area (Å²) in [4.78, 5) is 13.8. The molecule has 4 nitrogen and oxygen atoms in total. The Balaban J connectivity index is 1.88. The molecule has 0 spiro atoms. The van der Waals surface area contributed by atoms with Crippen LogP contribution >= 0.6 is 0 Å². The largest absolute Gasteiger partial charge is 0.445 e. The summed E-state index contributed by atoms with van der Waals surface area (Å²) in [7, 11) is 0. The first-order chi connectivity index (χ1) is 9.16. The summed E-state index contributed by atoms with van der Waals surface area (Å²) < 4.78 is 5.33. The van der Waals surface area contributed by atoms with Crippen molar-refractivity contribution in [2.45, 2.75) is 44.9 Å². The molecule has 2 unspecified atom stereocenters. The molecule has 1 N–H and O–H groups in total. The molecule has 4 heteroatoms. The predicted octanol–water partition coefficient (Wildman–Crippen LogP) is 2.56. The van der Waals surface area contributed by atoms with Crippen LogP contribution in [0.5, 0.6) is 0 Å². The minimum Gasteiger partial charge on any atom is -0.445 e. The monoisotopic (exact) mass is 263 g/mol. The van der Waals surface area contributed by atoms with Gasteiger partial charge in [0.05, 0.1) is 6.10 Å². The number of hydrogen-bond donors (Lipinski definition) is 1. The molecule has 0 aromatic heterocycles. The van der Waals surface area contributed by atoms with Gasteiger partial charge in [-0.15, -0.1) is 0 Å². The smallest absolute Gasteiger partial charge is 0.410 e. The zero-order valence-electron chi connectivity index (χ0n) is 11.3. The van der Waals surface area contributed by atoms with E-state index in [9.17, 15) is 9.90 Å². The van der Waals surface area contributed by atoms with Crippen molar-refractivity contribution in [3.05, 3.63) is 35.9 Å². The van der Waals surface area contributed by atoms with Crippen LogP contribution in [-0.4, -0.2) is 34.8 Å². The molecule has 19 heavy (non-hydrogen) atoms. The van der Waals surface area contributed by atoms with Crippen molar-refractivity contribution < 1.29 is 14.6 Å². The van der Waals surface area contributed by atoms with E-state index in [1.165, 1.54) is 0 Å². The zero-order chi connectivity index (χ0) is 13.7. The van der Waals surface area contributed by atoms with Gasteiger partial charge in [-0.25, -0.2) is 4.79 Å². The van der Waals surface area contributed by atoms with Crippen molar-refractivity contribution in [1.29, 1.82) is 0 Å². The maximum Gasteiger partial charge on any atom is 0.410 e. The molecule has 0 saturated carbocycles. The molecular weight excluding hydrogens is 242 g/mol. The highest BCUT2D eigenvalue weighted by atomic mass is 16.6. The van der Waals surface area contributed by atoms with Crippen LogP contribution in [0.25, 0.3) is 0 Å². The fourth-order valence-electron chi connectivity index (χ4n) is 2.32. The van der Waals surface area contributed by atoms with Crippen LogP contribution < -0.4 is 0 Å². The number of carbonyl (C=O) groups is 1. The molecule has 1 amide bonds. The van der Waals surface area contributed by atoms with Gasteiger partial charge in [0.15, 0.2) is 0 Å². The summed E-state index contributed by atoms with van der Waals surface area (Å²) in [6.45, 7) is 2.86. The van der Waals surface area contributed by atoms with Crippen molar-refractivity contribution >= 4 is 6.09 Å². The van der Waals surface area contributed by atoms with Gasteiger partial charge in [-0.1, -0.05) is 30.3 Å². The Hall–Kier alpha value is -1.55. The number of aliphatic hydroxyl groups is 1. The summed E-state index contributed by atoms with van der Waals surface area (Å²) in [6.07, 6.45) is 1.62. The molecule has 1 aromatic carbocycles. The van der Waals surface area contributed by atoms with E-state index in [4.69, 9.17) is 4.74 Å². The van der Waals surface area contributed by atoms with Crippen LogP contribution in [0.3, 0.4) is 0 Å². The Morgan fingerprint density at radius 1 is 1.32 bits per heavy atom. The molecule has 2 rings (SSSR count). The number of aliphatic hydroxyl groups excluding tert-OH is 1. The average Bonchev–Trinajstić information content (AvgIpc) is 2.60. The van der Waals surface area contributed by atoms with E-state index >= 15 is 0 Å². The molecule has 1 aliphatic heterocycles. The van der Waals surface area contributed by atoms with Gasteiger partial charge < -0.3 is 14.7 Å². The predicted molar refractivity (Wildman–Crippen MR) is 72.7 cm³/mol. The fourth-order valence-corrected chi connectivity index (χ4v) is 2.32. The van der Waals surface area contributed by atoms with E-state index in [1.54, 1.807) is 4.90 Å². The highest BCUT2D eigenvalue weighted by Crippen LogP contribution is 2.18. The quantitative estimate of drug-likeness (QED) is 0.892. The van der Waals surface area contributed by atoms with Gasteiger partial charge in [-0.2, -0.15) is 0 Å². The van der Waals surface area contributed by atoms with Crippen molar-refractivity contribution in [3.63, 3.8) is 0 Å². The lowest BCUT2D eigenvalue weighted by molar-refractivity contribution is 0.0829. The number of nitrogens with zero attached hydrogens (tertiary/aromatic N) is 1. The SMILES string of the molecule is CC1CCC(O)CCN1C(=O)OCc1ccccc1. The maximum atomic E-state index is 12.1. The van der Waals surface area contributed by atoms with Gasteiger partial charge in [-0.3, -0.25) is 0 Å². The summed E-state index contributed by atoms with van der Waals surface area (Å²) in [5.74, 6) is 0. The van der Waals surface area contributed by atoms with Crippen LogP contribution in [0.15, 0.2) is 30.3 Å². The molecule has 2 atom stereocenters. The van der Waals surface area contributed by atoms with Crippen LogP contribution in [0.2, 0.25) is 0 Å². The van der Waals surface area contributed by atoms with Gasteiger partial charge in [0, 0.05) is 12.6 Å². The third-order valence-corrected chi connectivity index (χ3v) is 3.59. The first-order valence-corrected chi connectivity index (χ1v) is 6.82. The van der Waals surface area contributed by atoms with Crippen LogP contribution in [0, 0.1) is 0 Å². The highest BCUT2D eigenvalue weighted by molar-refractivity contribution is 5.68.